The Hall–Kier alpha value is -1.58. The Kier molecular flexibility index (Phi) is 4.28. The molecule has 1 heterocycles. The smallest absolute Gasteiger partial charge is 0.251 e. The van der Waals surface area contributed by atoms with E-state index < -0.39 is 0 Å². The first-order valence-corrected chi connectivity index (χ1v) is 5.44. The highest BCUT2D eigenvalue weighted by Gasteiger charge is 2.06. The molecule has 0 bridgehead atoms. The molecule has 0 radical (unpaired) electrons. The summed E-state index contributed by atoms with van der Waals surface area (Å²) in [5, 5.41) is 2.79. The van der Waals surface area contributed by atoms with Crippen LogP contribution in [0.3, 0.4) is 0 Å². The van der Waals surface area contributed by atoms with E-state index in [0.717, 1.165) is 5.69 Å². The quantitative estimate of drug-likeness (QED) is 0.824. The molecule has 0 aliphatic rings. The molecule has 4 nitrogen and oxygen atoms in total. The summed E-state index contributed by atoms with van der Waals surface area (Å²) in [6, 6.07) is 4.97. The lowest BCUT2D eigenvalue weighted by Gasteiger charge is -2.11. The number of hydrogen-bond acceptors (Lipinski definition) is 2. The molecule has 0 fully saturated rings. The van der Waals surface area contributed by atoms with Crippen molar-refractivity contribution in [1.29, 1.82) is 0 Å². The van der Waals surface area contributed by atoms with Crippen LogP contribution in [0.1, 0.15) is 19.5 Å². The summed E-state index contributed by atoms with van der Waals surface area (Å²) >= 11 is 0. The zero-order chi connectivity index (χ0) is 12.1. The van der Waals surface area contributed by atoms with E-state index in [-0.39, 0.29) is 18.0 Å². The second-order valence-electron chi connectivity index (χ2n) is 4.29. The molecule has 1 aromatic heterocycles. The number of amides is 1. The average Bonchev–Trinajstić information content (AvgIpc) is 2.21. The third-order valence-corrected chi connectivity index (χ3v) is 2.28. The highest BCUT2D eigenvalue weighted by atomic mass is 16.2. The van der Waals surface area contributed by atoms with Gasteiger partial charge < -0.3 is 9.88 Å². The number of nitrogens with zero attached hydrogens (tertiary/aromatic N) is 1. The van der Waals surface area contributed by atoms with Crippen molar-refractivity contribution in [3.63, 3.8) is 0 Å². The number of carbonyl (C=O) groups is 1. The number of carbonyl (C=O) groups excluding carboxylic acids is 1. The molecule has 88 valence electrons. The fourth-order valence-corrected chi connectivity index (χ4v) is 1.34. The Balaban J connectivity index is 2.66. The van der Waals surface area contributed by atoms with Gasteiger partial charge in [-0.2, -0.15) is 0 Å². The summed E-state index contributed by atoms with van der Waals surface area (Å²) in [6.45, 7) is 6.61. The summed E-state index contributed by atoms with van der Waals surface area (Å²) < 4.78 is 1.47. The van der Waals surface area contributed by atoms with Crippen molar-refractivity contribution in [3.8, 4) is 0 Å². The standard InChI is InChI=1S/C12H18N2O2/c1-9(2)7-13-11(15)8-14-10(3)5-4-6-12(14)16/h4-6,9H,7-8H2,1-3H3,(H,13,15). The highest BCUT2D eigenvalue weighted by Crippen LogP contribution is 1.93. The molecule has 0 saturated heterocycles. The van der Waals surface area contributed by atoms with Gasteiger partial charge in [-0.3, -0.25) is 9.59 Å². The van der Waals surface area contributed by atoms with E-state index in [2.05, 4.69) is 5.32 Å². The number of hydrogen-bond donors (Lipinski definition) is 1. The van der Waals surface area contributed by atoms with E-state index in [4.69, 9.17) is 0 Å². The Morgan fingerprint density at radius 1 is 1.44 bits per heavy atom. The van der Waals surface area contributed by atoms with Gasteiger partial charge in [-0.1, -0.05) is 19.9 Å². The Morgan fingerprint density at radius 2 is 2.12 bits per heavy atom. The first-order valence-electron chi connectivity index (χ1n) is 5.44. The molecule has 16 heavy (non-hydrogen) atoms. The van der Waals surface area contributed by atoms with Crippen LogP contribution in [0.2, 0.25) is 0 Å². The van der Waals surface area contributed by atoms with E-state index in [1.165, 1.54) is 10.6 Å². The van der Waals surface area contributed by atoms with Crippen molar-refractivity contribution in [1.82, 2.24) is 9.88 Å². The highest BCUT2D eigenvalue weighted by molar-refractivity contribution is 5.75. The first-order chi connectivity index (χ1) is 7.50. The molecule has 1 rings (SSSR count). The third-order valence-electron chi connectivity index (χ3n) is 2.28. The molecule has 1 aromatic rings. The Morgan fingerprint density at radius 3 is 2.69 bits per heavy atom. The van der Waals surface area contributed by atoms with E-state index >= 15 is 0 Å². The van der Waals surface area contributed by atoms with Crippen molar-refractivity contribution in [2.45, 2.75) is 27.3 Å². The molecule has 4 heteroatoms. The van der Waals surface area contributed by atoms with Crippen LogP contribution in [0.25, 0.3) is 0 Å². The number of nitrogens with one attached hydrogen (secondary N) is 1. The molecule has 1 amide bonds. The van der Waals surface area contributed by atoms with Crippen molar-refractivity contribution < 1.29 is 4.79 Å². The number of aromatic nitrogens is 1. The summed E-state index contributed by atoms with van der Waals surface area (Å²) in [5.41, 5.74) is 0.659. The lowest BCUT2D eigenvalue weighted by molar-refractivity contribution is -0.121. The zero-order valence-electron chi connectivity index (χ0n) is 9.99. The van der Waals surface area contributed by atoms with Crippen LogP contribution in [0.4, 0.5) is 0 Å². The SMILES string of the molecule is Cc1cccc(=O)n1CC(=O)NCC(C)C. The van der Waals surface area contributed by atoms with Crippen LogP contribution in [0.15, 0.2) is 23.0 Å². The van der Waals surface area contributed by atoms with Crippen LogP contribution in [0.5, 0.6) is 0 Å². The zero-order valence-corrected chi connectivity index (χ0v) is 9.99. The van der Waals surface area contributed by atoms with Gasteiger partial charge in [0.2, 0.25) is 5.91 Å². The number of pyridine rings is 1. The minimum atomic E-state index is -0.139. The van der Waals surface area contributed by atoms with Crippen molar-refractivity contribution in [2.75, 3.05) is 6.54 Å². The normalized spacial score (nSPS) is 10.5. The average molecular weight is 222 g/mol. The summed E-state index contributed by atoms with van der Waals surface area (Å²) in [5.74, 6) is 0.294. The van der Waals surface area contributed by atoms with Gasteiger partial charge in [-0.25, -0.2) is 0 Å². The maximum Gasteiger partial charge on any atom is 0.251 e. The van der Waals surface area contributed by atoms with Gasteiger partial charge in [0.25, 0.3) is 5.56 Å². The molecule has 0 unspecified atom stereocenters. The Bertz CT molecular complexity index is 421. The van der Waals surface area contributed by atoms with Crippen LogP contribution in [-0.2, 0) is 11.3 Å². The molecule has 0 aliphatic heterocycles. The van der Waals surface area contributed by atoms with Gasteiger partial charge in [0.1, 0.15) is 6.54 Å². The number of aryl methyl sites for hydroxylation is 1. The lowest BCUT2D eigenvalue weighted by Crippen LogP contribution is -2.34. The molecular weight excluding hydrogens is 204 g/mol. The van der Waals surface area contributed by atoms with E-state index in [0.29, 0.717) is 12.5 Å². The topological polar surface area (TPSA) is 51.1 Å². The van der Waals surface area contributed by atoms with Crippen molar-refractivity contribution in [2.24, 2.45) is 5.92 Å². The first kappa shape index (κ1) is 12.5. The number of rotatable bonds is 4. The third kappa shape index (κ3) is 3.53. The van der Waals surface area contributed by atoms with Gasteiger partial charge in [0.15, 0.2) is 0 Å². The second kappa shape index (κ2) is 5.49. The predicted octanol–water partition coefficient (Wildman–Crippen LogP) is 0.929. The van der Waals surface area contributed by atoms with Crippen molar-refractivity contribution >= 4 is 5.91 Å². The maximum atomic E-state index is 11.6. The monoisotopic (exact) mass is 222 g/mol. The van der Waals surface area contributed by atoms with E-state index in [1.54, 1.807) is 6.07 Å². The van der Waals surface area contributed by atoms with Crippen LogP contribution in [0, 0.1) is 12.8 Å². The fraction of sp³-hybridized carbons (Fsp3) is 0.500. The van der Waals surface area contributed by atoms with Gasteiger partial charge in [0.05, 0.1) is 0 Å². The molecule has 0 saturated carbocycles. The molecule has 0 atom stereocenters. The lowest BCUT2D eigenvalue weighted by atomic mass is 10.2. The molecule has 0 aliphatic carbocycles. The van der Waals surface area contributed by atoms with Gasteiger partial charge in [-0.15, -0.1) is 0 Å². The predicted molar refractivity (Wildman–Crippen MR) is 63.3 cm³/mol. The minimum Gasteiger partial charge on any atom is -0.354 e. The van der Waals surface area contributed by atoms with E-state index in [1.807, 2.05) is 26.8 Å². The molecular formula is C12H18N2O2. The van der Waals surface area contributed by atoms with Gasteiger partial charge in [-0.05, 0) is 18.9 Å². The minimum absolute atomic E-state index is 0.0955. The maximum absolute atomic E-state index is 11.6. The van der Waals surface area contributed by atoms with E-state index in [9.17, 15) is 9.59 Å². The fourth-order valence-electron chi connectivity index (χ4n) is 1.34. The van der Waals surface area contributed by atoms with Crippen LogP contribution >= 0.6 is 0 Å². The van der Waals surface area contributed by atoms with Crippen LogP contribution < -0.4 is 10.9 Å². The Labute approximate surface area is 95.3 Å². The molecule has 0 aromatic carbocycles. The summed E-state index contributed by atoms with van der Waals surface area (Å²) in [6.07, 6.45) is 0. The van der Waals surface area contributed by atoms with Crippen LogP contribution in [-0.4, -0.2) is 17.0 Å². The van der Waals surface area contributed by atoms with Gasteiger partial charge in [0, 0.05) is 18.3 Å². The molecule has 0 spiro atoms. The molecule has 1 N–H and O–H groups in total. The summed E-state index contributed by atoms with van der Waals surface area (Å²) in [4.78, 5) is 23.0. The largest absolute Gasteiger partial charge is 0.354 e. The summed E-state index contributed by atoms with van der Waals surface area (Å²) in [7, 11) is 0. The second-order valence-corrected chi connectivity index (χ2v) is 4.29. The van der Waals surface area contributed by atoms with Gasteiger partial charge >= 0.3 is 0 Å². The van der Waals surface area contributed by atoms with Crippen molar-refractivity contribution in [3.05, 3.63) is 34.2 Å².